The zero-order valence-electron chi connectivity index (χ0n) is 16.2. The van der Waals surface area contributed by atoms with Crippen LogP contribution in [0, 0.1) is 6.92 Å². The predicted octanol–water partition coefficient (Wildman–Crippen LogP) is 5.30. The first kappa shape index (κ1) is 20.5. The minimum absolute atomic E-state index is 0.0827. The van der Waals surface area contributed by atoms with Gasteiger partial charge >= 0.3 is 0 Å². The van der Waals surface area contributed by atoms with Gasteiger partial charge in [0.25, 0.3) is 5.91 Å². The molecule has 0 radical (unpaired) electrons. The molecule has 0 aliphatic heterocycles. The fourth-order valence-electron chi connectivity index (χ4n) is 3.08. The third-order valence-corrected chi connectivity index (χ3v) is 4.24. The molecule has 0 aliphatic rings. The van der Waals surface area contributed by atoms with Crippen molar-refractivity contribution in [2.75, 3.05) is 6.61 Å². The topological polar surface area (TPSA) is 51.5 Å². The molecular weight excluding hydrogens is 338 g/mol. The maximum absolute atomic E-state index is 13.2. The van der Waals surface area contributed by atoms with Crippen LogP contribution < -0.4 is 0 Å². The second-order valence-corrected chi connectivity index (χ2v) is 6.40. The third kappa shape index (κ3) is 4.86. The van der Waals surface area contributed by atoms with Gasteiger partial charge < -0.3 is 9.84 Å². The second-order valence-electron chi connectivity index (χ2n) is 6.40. The van der Waals surface area contributed by atoms with E-state index >= 15 is 0 Å². The van der Waals surface area contributed by atoms with Crippen molar-refractivity contribution in [3.05, 3.63) is 84.3 Å². The van der Waals surface area contributed by atoms with Crippen molar-refractivity contribution in [3.8, 4) is 0 Å². The Morgan fingerprint density at radius 3 is 2.78 bits per heavy atom. The first-order chi connectivity index (χ1) is 12.9. The zero-order chi connectivity index (χ0) is 20.0. The van der Waals surface area contributed by atoms with Gasteiger partial charge in [-0.3, -0.25) is 9.36 Å². The summed E-state index contributed by atoms with van der Waals surface area (Å²) in [7, 11) is 0. The average Bonchev–Trinajstić information content (AvgIpc) is 2.95. The van der Waals surface area contributed by atoms with Crippen molar-refractivity contribution in [2.24, 2.45) is 0 Å². The molecule has 142 valence electrons. The van der Waals surface area contributed by atoms with Crippen LogP contribution in [0.2, 0.25) is 0 Å². The van der Waals surface area contributed by atoms with E-state index in [0.29, 0.717) is 18.6 Å². The molecule has 1 atom stereocenters. The lowest BCUT2D eigenvalue weighted by Crippen LogP contribution is -2.14. The monoisotopic (exact) mass is 365 g/mol. The normalized spacial score (nSPS) is 13.2. The van der Waals surface area contributed by atoms with E-state index in [-0.39, 0.29) is 17.8 Å². The Kier molecular flexibility index (Phi) is 6.97. The number of carbonyl (C=O) groups excluding carboxylic acids is 1. The van der Waals surface area contributed by atoms with E-state index in [1.807, 2.05) is 51.1 Å². The number of allylic oxidation sites excluding steroid dienone is 5. The molecule has 4 nitrogen and oxygen atoms in total. The van der Waals surface area contributed by atoms with Crippen molar-refractivity contribution in [1.29, 1.82) is 0 Å². The van der Waals surface area contributed by atoms with E-state index in [1.165, 1.54) is 0 Å². The maximum Gasteiger partial charge on any atom is 0.262 e. The van der Waals surface area contributed by atoms with Crippen molar-refractivity contribution < 1.29 is 14.6 Å². The molecule has 1 unspecified atom stereocenters. The molecule has 4 heteroatoms. The second kappa shape index (κ2) is 9.19. The van der Waals surface area contributed by atoms with Crippen LogP contribution in [0.5, 0.6) is 0 Å². The minimum Gasteiger partial charge on any atom is -0.513 e. The van der Waals surface area contributed by atoms with E-state index in [9.17, 15) is 9.90 Å². The molecule has 0 amide bonds. The largest absolute Gasteiger partial charge is 0.513 e. The molecule has 2 rings (SSSR count). The Labute approximate surface area is 160 Å². The Morgan fingerprint density at radius 1 is 1.41 bits per heavy atom. The van der Waals surface area contributed by atoms with Gasteiger partial charge in [-0.1, -0.05) is 49.6 Å². The van der Waals surface area contributed by atoms with Gasteiger partial charge in [-0.25, -0.2) is 0 Å². The fraction of sp³-hybridized carbons (Fsp3) is 0.261. The van der Waals surface area contributed by atoms with Crippen LogP contribution in [0.1, 0.15) is 29.9 Å². The summed E-state index contributed by atoms with van der Waals surface area (Å²) in [6.45, 7) is 13.7. The molecule has 27 heavy (non-hydrogen) atoms. The van der Waals surface area contributed by atoms with Gasteiger partial charge in [-0.05, 0) is 38.5 Å². The number of aromatic nitrogens is 1. The van der Waals surface area contributed by atoms with Crippen molar-refractivity contribution >= 4 is 16.8 Å². The number of hydrogen-bond acceptors (Lipinski definition) is 3. The van der Waals surface area contributed by atoms with Gasteiger partial charge in [-0.2, -0.15) is 0 Å². The maximum atomic E-state index is 13.2. The molecule has 0 spiro atoms. The standard InChI is InChI=1S/C23H27NO3/c1-6-9-19(13-12-18(5)27-7-2)23(26)24-16(3)14-21-20(15-17(4)25)10-8-11-22(21)24/h6,8-14,18,25H,1,4,7,15H2,2-3,5H3/b13-12-,19-9+. The van der Waals surface area contributed by atoms with Crippen LogP contribution in [0.15, 0.2) is 73.1 Å². The van der Waals surface area contributed by atoms with E-state index in [0.717, 1.165) is 22.2 Å². The number of hydrogen-bond donors (Lipinski definition) is 1. The summed E-state index contributed by atoms with van der Waals surface area (Å²) < 4.78 is 7.18. The molecule has 1 aromatic carbocycles. The quantitative estimate of drug-likeness (QED) is 0.392. The van der Waals surface area contributed by atoms with Crippen LogP contribution >= 0.6 is 0 Å². The Morgan fingerprint density at radius 2 is 2.15 bits per heavy atom. The fourth-order valence-corrected chi connectivity index (χ4v) is 3.08. The van der Waals surface area contributed by atoms with Gasteiger partial charge in [0, 0.05) is 29.7 Å². The van der Waals surface area contributed by atoms with Gasteiger partial charge in [0.15, 0.2) is 0 Å². The molecule has 1 heterocycles. The lowest BCUT2D eigenvalue weighted by molar-refractivity contribution is 0.0961. The number of aliphatic hydroxyl groups is 1. The van der Waals surface area contributed by atoms with Crippen LogP contribution in [0.25, 0.3) is 10.9 Å². The Bertz CT molecular complexity index is 915. The number of benzene rings is 1. The molecule has 0 fully saturated rings. The molecule has 0 saturated carbocycles. The number of aryl methyl sites for hydroxylation is 1. The Balaban J connectivity index is 2.49. The SMILES string of the molecule is C=C/C=C(\C=C/C(C)OCC)C(=O)n1c(C)cc2c(CC(=C)O)cccc21. The summed E-state index contributed by atoms with van der Waals surface area (Å²) in [6.07, 6.45) is 7.21. The van der Waals surface area contributed by atoms with Crippen molar-refractivity contribution in [2.45, 2.75) is 33.3 Å². The van der Waals surface area contributed by atoms with Crippen LogP contribution in [0.3, 0.4) is 0 Å². The average molecular weight is 365 g/mol. The molecule has 0 aliphatic carbocycles. The zero-order valence-corrected chi connectivity index (χ0v) is 16.2. The van der Waals surface area contributed by atoms with E-state index in [2.05, 4.69) is 13.2 Å². The highest BCUT2D eigenvalue weighted by molar-refractivity contribution is 6.05. The summed E-state index contributed by atoms with van der Waals surface area (Å²) in [4.78, 5) is 13.2. The molecule has 2 aromatic rings. The van der Waals surface area contributed by atoms with Crippen LogP contribution in [0.4, 0.5) is 0 Å². The number of rotatable bonds is 8. The number of ether oxygens (including phenoxy) is 1. The minimum atomic E-state index is -0.137. The number of nitrogens with zero attached hydrogens (tertiary/aromatic N) is 1. The molecule has 0 bridgehead atoms. The van der Waals surface area contributed by atoms with Gasteiger partial charge in [0.05, 0.1) is 17.4 Å². The van der Waals surface area contributed by atoms with Gasteiger partial charge in [0.2, 0.25) is 0 Å². The highest BCUT2D eigenvalue weighted by Crippen LogP contribution is 2.26. The van der Waals surface area contributed by atoms with Crippen LogP contribution in [-0.2, 0) is 11.2 Å². The third-order valence-electron chi connectivity index (χ3n) is 4.24. The number of carbonyl (C=O) groups is 1. The lowest BCUT2D eigenvalue weighted by Gasteiger charge is -2.10. The van der Waals surface area contributed by atoms with E-state index in [4.69, 9.17) is 4.74 Å². The first-order valence-electron chi connectivity index (χ1n) is 9.03. The van der Waals surface area contributed by atoms with E-state index in [1.54, 1.807) is 22.8 Å². The summed E-state index contributed by atoms with van der Waals surface area (Å²) >= 11 is 0. The molecular formula is C23H27NO3. The summed E-state index contributed by atoms with van der Waals surface area (Å²) in [5.41, 5.74) is 3.09. The van der Waals surface area contributed by atoms with Crippen LogP contribution in [-0.4, -0.2) is 28.3 Å². The predicted molar refractivity (Wildman–Crippen MR) is 111 cm³/mol. The lowest BCUT2D eigenvalue weighted by atomic mass is 10.1. The van der Waals surface area contributed by atoms with E-state index < -0.39 is 0 Å². The summed E-state index contributed by atoms with van der Waals surface area (Å²) in [6, 6.07) is 7.68. The van der Waals surface area contributed by atoms with Gasteiger partial charge in [0.1, 0.15) is 0 Å². The highest BCUT2D eigenvalue weighted by atomic mass is 16.5. The van der Waals surface area contributed by atoms with Gasteiger partial charge in [-0.15, -0.1) is 0 Å². The van der Waals surface area contributed by atoms with Crippen molar-refractivity contribution in [1.82, 2.24) is 4.57 Å². The molecule has 1 aromatic heterocycles. The Hall–Kier alpha value is -2.85. The summed E-state index contributed by atoms with van der Waals surface area (Å²) in [5.74, 6) is -0.0401. The highest BCUT2D eigenvalue weighted by Gasteiger charge is 2.17. The smallest absolute Gasteiger partial charge is 0.262 e. The number of aliphatic hydroxyl groups excluding tert-OH is 1. The number of fused-ring (bicyclic) bond motifs is 1. The first-order valence-corrected chi connectivity index (χ1v) is 9.03. The molecule has 0 saturated heterocycles. The summed E-state index contributed by atoms with van der Waals surface area (Å²) in [5, 5.41) is 10.5. The van der Waals surface area contributed by atoms with Crippen molar-refractivity contribution in [3.63, 3.8) is 0 Å². The molecule has 1 N–H and O–H groups in total.